The smallest absolute Gasteiger partial charge is 0.191 e. The highest BCUT2D eigenvalue weighted by Gasteiger charge is 2.08. The quantitative estimate of drug-likeness (QED) is 0.350. The van der Waals surface area contributed by atoms with Gasteiger partial charge in [0.15, 0.2) is 5.96 Å². The lowest BCUT2D eigenvalue weighted by Crippen LogP contribution is -2.44. The zero-order valence-electron chi connectivity index (χ0n) is 15.2. The minimum Gasteiger partial charge on any atom is -0.357 e. The number of nitrogens with zero attached hydrogens (tertiary/aromatic N) is 2. The molecular weight excluding hydrogens is 260 g/mol. The Morgan fingerprint density at radius 1 is 1.00 bits per heavy atom. The predicted octanol–water partition coefficient (Wildman–Crippen LogP) is 3.10. The van der Waals surface area contributed by atoms with Crippen LogP contribution in [-0.2, 0) is 0 Å². The molecule has 0 amide bonds. The third kappa shape index (κ3) is 12.7. The number of aliphatic imine (C=N–C) groups is 1. The number of rotatable bonds is 11. The van der Waals surface area contributed by atoms with E-state index in [0.29, 0.717) is 12.0 Å². The Labute approximate surface area is 132 Å². The summed E-state index contributed by atoms with van der Waals surface area (Å²) in [5, 5.41) is 6.80. The normalized spacial score (nSPS) is 13.8. The zero-order chi connectivity index (χ0) is 16.1. The highest BCUT2D eigenvalue weighted by molar-refractivity contribution is 5.80. The van der Waals surface area contributed by atoms with Crippen LogP contribution in [0.2, 0.25) is 0 Å². The van der Waals surface area contributed by atoms with E-state index in [4.69, 9.17) is 0 Å². The van der Waals surface area contributed by atoms with Gasteiger partial charge in [-0.3, -0.25) is 4.99 Å². The van der Waals surface area contributed by atoms with Gasteiger partial charge >= 0.3 is 0 Å². The average molecular weight is 299 g/mol. The van der Waals surface area contributed by atoms with Gasteiger partial charge in [-0.1, -0.05) is 33.1 Å². The van der Waals surface area contributed by atoms with Crippen molar-refractivity contribution in [1.82, 2.24) is 15.5 Å². The molecule has 0 aliphatic rings. The summed E-state index contributed by atoms with van der Waals surface area (Å²) in [6.07, 6.45) is 6.46. The molecule has 1 atom stereocenters. The molecule has 126 valence electrons. The highest BCUT2D eigenvalue weighted by Crippen LogP contribution is 2.04. The van der Waals surface area contributed by atoms with Crippen LogP contribution in [0.5, 0.6) is 0 Å². The molecule has 0 aromatic carbocycles. The van der Waals surface area contributed by atoms with Gasteiger partial charge in [-0.2, -0.15) is 0 Å². The van der Waals surface area contributed by atoms with E-state index < -0.39 is 0 Å². The fourth-order valence-electron chi connectivity index (χ4n) is 1.96. The van der Waals surface area contributed by atoms with E-state index in [-0.39, 0.29) is 0 Å². The second-order valence-corrected chi connectivity index (χ2v) is 6.51. The Morgan fingerprint density at radius 2 is 1.62 bits per heavy atom. The fourth-order valence-corrected chi connectivity index (χ4v) is 1.96. The Morgan fingerprint density at radius 3 is 2.19 bits per heavy atom. The first kappa shape index (κ1) is 20.2. The molecule has 0 bridgehead atoms. The van der Waals surface area contributed by atoms with Gasteiger partial charge in [-0.15, -0.1) is 0 Å². The summed E-state index contributed by atoms with van der Waals surface area (Å²) in [7, 11) is 4.28. The first-order chi connectivity index (χ1) is 9.97. The summed E-state index contributed by atoms with van der Waals surface area (Å²) in [5.41, 5.74) is 0. The number of hydrogen-bond donors (Lipinski definition) is 2. The summed E-state index contributed by atoms with van der Waals surface area (Å²) >= 11 is 0. The summed E-state index contributed by atoms with van der Waals surface area (Å²) in [6, 6.07) is 0.453. The molecule has 0 heterocycles. The minimum atomic E-state index is 0.453. The summed E-state index contributed by atoms with van der Waals surface area (Å²) in [4.78, 5) is 6.93. The molecule has 4 nitrogen and oxygen atoms in total. The third-order valence-corrected chi connectivity index (χ3v) is 3.74. The van der Waals surface area contributed by atoms with E-state index in [9.17, 15) is 0 Å². The first-order valence-electron chi connectivity index (χ1n) is 8.67. The van der Waals surface area contributed by atoms with Crippen molar-refractivity contribution in [3.05, 3.63) is 0 Å². The van der Waals surface area contributed by atoms with Gasteiger partial charge in [-0.05, 0) is 53.2 Å². The molecule has 0 saturated heterocycles. The molecule has 0 aliphatic heterocycles. The number of guanidine groups is 1. The molecule has 0 rings (SSSR count). The Hall–Kier alpha value is -0.770. The van der Waals surface area contributed by atoms with E-state index in [0.717, 1.165) is 19.0 Å². The van der Waals surface area contributed by atoms with Crippen LogP contribution in [0, 0.1) is 5.92 Å². The van der Waals surface area contributed by atoms with Crippen LogP contribution in [0.4, 0.5) is 0 Å². The van der Waals surface area contributed by atoms with Gasteiger partial charge in [0.2, 0.25) is 0 Å². The lowest BCUT2D eigenvalue weighted by molar-refractivity contribution is 0.390. The van der Waals surface area contributed by atoms with Crippen LogP contribution in [0.1, 0.15) is 59.8 Å². The first-order valence-corrected chi connectivity index (χ1v) is 8.67. The number of unbranched alkanes of at least 4 members (excludes halogenated alkanes) is 4. The van der Waals surface area contributed by atoms with Crippen molar-refractivity contribution in [2.24, 2.45) is 10.9 Å². The van der Waals surface area contributed by atoms with Gasteiger partial charge in [0.25, 0.3) is 0 Å². The van der Waals surface area contributed by atoms with Crippen molar-refractivity contribution < 1.29 is 0 Å². The molecule has 1 unspecified atom stereocenters. The predicted molar refractivity (Wildman–Crippen MR) is 95.1 cm³/mol. The molecule has 0 saturated carbocycles. The molecule has 0 spiro atoms. The van der Waals surface area contributed by atoms with Gasteiger partial charge in [-0.25, -0.2) is 0 Å². The second-order valence-electron chi connectivity index (χ2n) is 6.51. The molecule has 0 fully saturated rings. The van der Waals surface area contributed by atoms with Gasteiger partial charge in [0, 0.05) is 19.1 Å². The maximum Gasteiger partial charge on any atom is 0.191 e. The summed E-state index contributed by atoms with van der Waals surface area (Å²) in [5.74, 6) is 1.58. The maximum absolute atomic E-state index is 4.67. The van der Waals surface area contributed by atoms with Crippen molar-refractivity contribution in [1.29, 1.82) is 0 Å². The van der Waals surface area contributed by atoms with E-state index in [1.54, 1.807) is 0 Å². The van der Waals surface area contributed by atoms with E-state index >= 15 is 0 Å². The lowest BCUT2D eigenvalue weighted by Gasteiger charge is -2.20. The van der Waals surface area contributed by atoms with Crippen molar-refractivity contribution >= 4 is 5.96 Å². The lowest BCUT2D eigenvalue weighted by atomic mass is 10.1. The monoisotopic (exact) mass is 298 g/mol. The Bertz CT molecular complexity index is 262. The van der Waals surface area contributed by atoms with Crippen molar-refractivity contribution in [2.45, 2.75) is 65.8 Å². The molecule has 0 aromatic heterocycles. The molecule has 0 aliphatic carbocycles. The van der Waals surface area contributed by atoms with Gasteiger partial charge in [0.1, 0.15) is 0 Å². The number of hydrogen-bond acceptors (Lipinski definition) is 2. The van der Waals surface area contributed by atoms with E-state index in [2.05, 4.69) is 62.3 Å². The van der Waals surface area contributed by atoms with Crippen molar-refractivity contribution in [3.63, 3.8) is 0 Å². The van der Waals surface area contributed by atoms with Crippen molar-refractivity contribution in [3.8, 4) is 0 Å². The standard InChI is InChI=1S/C17H38N4/c1-7-18-17(20-16(4)15(2)3)19-13-11-9-8-10-12-14-21(5)6/h15-16H,7-14H2,1-6H3,(H2,18,19,20). The highest BCUT2D eigenvalue weighted by atomic mass is 15.2. The Kier molecular flexibility index (Phi) is 12.5. The molecule has 4 heteroatoms. The Balaban J connectivity index is 3.78. The number of nitrogens with one attached hydrogen (secondary N) is 2. The van der Waals surface area contributed by atoms with Crippen LogP contribution >= 0.6 is 0 Å². The van der Waals surface area contributed by atoms with Gasteiger partial charge in [0.05, 0.1) is 0 Å². The largest absolute Gasteiger partial charge is 0.357 e. The van der Waals surface area contributed by atoms with Crippen LogP contribution in [-0.4, -0.2) is 50.6 Å². The topological polar surface area (TPSA) is 39.7 Å². The molecular formula is C17H38N4. The average Bonchev–Trinajstić information content (AvgIpc) is 2.41. The second kappa shape index (κ2) is 12.9. The zero-order valence-corrected chi connectivity index (χ0v) is 15.2. The third-order valence-electron chi connectivity index (χ3n) is 3.74. The SMILES string of the molecule is CCNC(=NCCCCCCCN(C)C)NC(C)C(C)C. The van der Waals surface area contributed by atoms with Crippen LogP contribution in [0.3, 0.4) is 0 Å². The minimum absolute atomic E-state index is 0.453. The molecule has 21 heavy (non-hydrogen) atoms. The maximum atomic E-state index is 4.67. The molecule has 0 radical (unpaired) electrons. The van der Waals surface area contributed by atoms with E-state index in [1.165, 1.54) is 38.6 Å². The van der Waals surface area contributed by atoms with Crippen LogP contribution in [0.25, 0.3) is 0 Å². The fraction of sp³-hybridized carbons (Fsp3) is 0.941. The van der Waals surface area contributed by atoms with Gasteiger partial charge < -0.3 is 15.5 Å². The molecule has 0 aromatic rings. The molecule has 2 N–H and O–H groups in total. The van der Waals surface area contributed by atoms with E-state index in [1.807, 2.05) is 0 Å². The van der Waals surface area contributed by atoms with Crippen LogP contribution in [0.15, 0.2) is 4.99 Å². The van der Waals surface area contributed by atoms with Crippen molar-refractivity contribution in [2.75, 3.05) is 33.7 Å². The summed E-state index contributed by atoms with van der Waals surface area (Å²) in [6.45, 7) is 11.8. The van der Waals surface area contributed by atoms with Crippen LogP contribution < -0.4 is 10.6 Å². The summed E-state index contributed by atoms with van der Waals surface area (Å²) < 4.78 is 0.